The first-order valence-electron chi connectivity index (χ1n) is 6.03. The van der Waals surface area contributed by atoms with Gasteiger partial charge in [0.1, 0.15) is 0 Å². The number of carboxylic acids is 1. The molecule has 0 saturated heterocycles. The minimum absolute atomic E-state index is 0.0724. The lowest BCUT2D eigenvalue weighted by Crippen LogP contribution is -2.12. The molecule has 0 unspecified atom stereocenters. The Morgan fingerprint density at radius 1 is 1.20 bits per heavy atom. The molecule has 0 aliphatic carbocycles. The maximum absolute atomic E-state index is 12.4. The Kier molecular flexibility index (Phi) is 2.91. The van der Waals surface area contributed by atoms with E-state index in [2.05, 4.69) is 0 Å². The van der Waals surface area contributed by atoms with E-state index in [-0.39, 0.29) is 11.1 Å². The molecule has 3 aromatic rings. The number of benzene rings is 2. The van der Waals surface area contributed by atoms with Gasteiger partial charge in [0.25, 0.3) is 5.56 Å². The van der Waals surface area contributed by atoms with Gasteiger partial charge in [-0.3, -0.25) is 4.79 Å². The molecule has 1 N–H and O–H groups in total. The number of rotatable bonds is 2. The van der Waals surface area contributed by atoms with Crippen LogP contribution < -0.4 is 5.56 Å². The van der Waals surface area contributed by atoms with Gasteiger partial charge in [-0.05, 0) is 42.8 Å². The number of aryl methyl sites for hydroxylation is 1. The summed E-state index contributed by atoms with van der Waals surface area (Å²) in [4.78, 5) is 23.3. The van der Waals surface area contributed by atoms with Gasteiger partial charge in [-0.25, -0.2) is 8.75 Å². The summed E-state index contributed by atoms with van der Waals surface area (Å²) in [5, 5.41) is 9.65. The van der Waals surface area contributed by atoms with Gasteiger partial charge >= 0.3 is 5.97 Å². The van der Waals surface area contributed by atoms with Crippen molar-refractivity contribution in [3.63, 3.8) is 0 Å². The SMILES string of the molecule is Cc1cc(C(=O)O)ccc1-n1sc2ccccc2c1=O. The molecule has 0 fully saturated rings. The topological polar surface area (TPSA) is 59.3 Å². The molecule has 2 aromatic carbocycles. The van der Waals surface area contributed by atoms with E-state index in [9.17, 15) is 9.59 Å². The van der Waals surface area contributed by atoms with Crippen molar-refractivity contribution in [2.24, 2.45) is 0 Å². The second kappa shape index (κ2) is 4.61. The minimum atomic E-state index is -0.969. The van der Waals surface area contributed by atoms with Crippen molar-refractivity contribution in [2.75, 3.05) is 0 Å². The summed E-state index contributed by atoms with van der Waals surface area (Å²) in [6.07, 6.45) is 0. The highest BCUT2D eigenvalue weighted by molar-refractivity contribution is 7.14. The molecule has 0 aliphatic heterocycles. The molecule has 3 rings (SSSR count). The van der Waals surface area contributed by atoms with E-state index in [1.165, 1.54) is 17.6 Å². The van der Waals surface area contributed by atoms with Gasteiger partial charge < -0.3 is 5.11 Å². The zero-order valence-corrected chi connectivity index (χ0v) is 11.5. The third kappa shape index (κ3) is 1.92. The Bertz CT molecular complexity index is 876. The van der Waals surface area contributed by atoms with Crippen LogP contribution in [-0.4, -0.2) is 15.0 Å². The fourth-order valence-corrected chi connectivity index (χ4v) is 3.22. The van der Waals surface area contributed by atoms with Crippen LogP contribution in [0.25, 0.3) is 15.8 Å². The predicted octanol–water partition coefficient (Wildman–Crippen LogP) is 3.06. The number of hydrogen-bond donors (Lipinski definition) is 1. The Labute approximate surface area is 118 Å². The van der Waals surface area contributed by atoms with Gasteiger partial charge in [-0.1, -0.05) is 23.7 Å². The van der Waals surface area contributed by atoms with Gasteiger partial charge in [0.05, 0.1) is 21.3 Å². The summed E-state index contributed by atoms with van der Waals surface area (Å²) in [5.41, 5.74) is 1.64. The van der Waals surface area contributed by atoms with Crippen molar-refractivity contribution < 1.29 is 9.90 Å². The van der Waals surface area contributed by atoms with Crippen LogP contribution >= 0.6 is 11.5 Å². The van der Waals surface area contributed by atoms with Crippen LogP contribution in [0, 0.1) is 6.92 Å². The maximum atomic E-state index is 12.4. The summed E-state index contributed by atoms with van der Waals surface area (Å²) in [5.74, 6) is -0.969. The van der Waals surface area contributed by atoms with E-state index in [1.54, 1.807) is 29.1 Å². The third-order valence-electron chi connectivity index (χ3n) is 3.15. The second-order valence-electron chi connectivity index (χ2n) is 4.49. The van der Waals surface area contributed by atoms with E-state index in [4.69, 9.17) is 5.11 Å². The molecular formula is C15H11NO3S. The average Bonchev–Trinajstić information content (AvgIpc) is 2.76. The highest BCUT2D eigenvalue weighted by Crippen LogP contribution is 2.22. The van der Waals surface area contributed by atoms with Crippen molar-refractivity contribution in [1.29, 1.82) is 0 Å². The molecular weight excluding hydrogens is 274 g/mol. The maximum Gasteiger partial charge on any atom is 0.335 e. The molecule has 20 heavy (non-hydrogen) atoms. The van der Waals surface area contributed by atoms with Crippen LogP contribution in [0.4, 0.5) is 0 Å². The van der Waals surface area contributed by atoms with Gasteiger partial charge in [0, 0.05) is 0 Å². The molecule has 0 radical (unpaired) electrons. The van der Waals surface area contributed by atoms with Gasteiger partial charge in [-0.2, -0.15) is 0 Å². The first-order chi connectivity index (χ1) is 9.58. The number of aromatic carboxylic acids is 1. The minimum Gasteiger partial charge on any atom is -0.478 e. The molecule has 100 valence electrons. The van der Waals surface area contributed by atoms with Crippen LogP contribution in [0.3, 0.4) is 0 Å². The van der Waals surface area contributed by atoms with Crippen molar-refractivity contribution in [3.05, 3.63) is 63.9 Å². The standard InChI is InChI=1S/C15H11NO3S/c1-9-8-10(15(18)19)6-7-12(9)16-14(17)11-4-2-3-5-13(11)20-16/h2-8H,1H3,(H,18,19). The smallest absolute Gasteiger partial charge is 0.335 e. The van der Waals surface area contributed by atoms with Crippen LogP contribution in [0.1, 0.15) is 15.9 Å². The Balaban J connectivity index is 2.23. The summed E-state index contributed by atoms with van der Waals surface area (Å²) >= 11 is 1.36. The van der Waals surface area contributed by atoms with Crippen molar-refractivity contribution in [3.8, 4) is 5.69 Å². The Hall–Kier alpha value is -2.40. The van der Waals surface area contributed by atoms with Crippen molar-refractivity contribution in [2.45, 2.75) is 6.92 Å². The Morgan fingerprint density at radius 3 is 2.60 bits per heavy atom. The van der Waals surface area contributed by atoms with E-state index in [1.807, 2.05) is 18.2 Å². The zero-order chi connectivity index (χ0) is 14.3. The molecule has 0 saturated carbocycles. The second-order valence-corrected chi connectivity index (χ2v) is 5.48. The predicted molar refractivity (Wildman–Crippen MR) is 79.1 cm³/mol. The van der Waals surface area contributed by atoms with E-state index in [0.29, 0.717) is 5.39 Å². The van der Waals surface area contributed by atoms with Gasteiger partial charge in [0.2, 0.25) is 0 Å². The molecule has 5 heteroatoms. The molecule has 0 atom stereocenters. The highest BCUT2D eigenvalue weighted by Gasteiger charge is 2.12. The normalized spacial score (nSPS) is 10.8. The number of fused-ring (bicyclic) bond motifs is 1. The number of nitrogens with zero attached hydrogens (tertiary/aromatic N) is 1. The van der Waals surface area contributed by atoms with Crippen LogP contribution in [0.5, 0.6) is 0 Å². The molecule has 0 spiro atoms. The van der Waals surface area contributed by atoms with Crippen molar-refractivity contribution in [1.82, 2.24) is 3.96 Å². The summed E-state index contributed by atoms with van der Waals surface area (Å²) in [6.45, 7) is 1.80. The molecule has 0 bridgehead atoms. The molecule has 1 aromatic heterocycles. The zero-order valence-electron chi connectivity index (χ0n) is 10.7. The molecule has 4 nitrogen and oxygen atoms in total. The summed E-state index contributed by atoms with van der Waals surface area (Å²) < 4.78 is 2.52. The number of carbonyl (C=O) groups is 1. The summed E-state index contributed by atoms with van der Waals surface area (Å²) in [6, 6.07) is 12.2. The van der Waals surface area contributed by atoms with E-state index in [0.717, 1.165) is 16.0 Å². The van der Waals surface area contributed by atoms with E-state index < -0.39 is 5.97 Å². The average molecular weight is 285 g/mol. The first-order valence-corrected chi connectivity index (χ1v) is 6.80. The fourth-order valence-electron chi connectivity index (χ4n) is 2.15. The highest BCUT2D eigenvalue weighted by atomic mass is 32.1. The van der Waals surface area contributed by atoms with Gasteiger partial charge in [0.15, 0.2) is 0 Å². The molecule has 0 aliphatic rings. The van der Waals surface area contributed by atoms with Crippen LogP contribution in [-0.2, 0) is 0 Å². The van der Waals surface area contributed by atoms with Gasteiger partial charge in [-0.15, -0.1) is 0 Å². The molecule has 0 amide bonds. The fraction of sp³-hybridized carbons (Fsp3) is 0.0667. The van der Waals surface area contributed by atoms with Crippen molar-refractivity contribution >= 4 is 27.6 Å². The lowest BCUT2D eigenvalue weighted by molar-refractivity contribution is 0.0697. The van der Waals surface area contributed by atoms with Crippen LogP contribution in [0.2, 0.25) is 0 Å². The molecule has 1 heterocycles. The number of hydrogen-bond acceptors (Lipinski definition) is 3. The third-order valence-corrected chi connectivity index (χ3v) is 4.25. The van der Waals surface area contributed by atoms with E-state index >= 15 is 0 Å². The number of carboxylic acid groups (broad SMARTS) is 1. The van der Waals surface area contributed by atoms with Crippen LogP contribution in [0.15, 0.2) is 47.3 Å². The lowest BCUT2D eigenvalue weighted by Gasteiger charge is -2.05. The largest absolute Gasteiger partial charge is 0.478 e. The quantitative estimate of drug-likeness (QED) is 0.787. The monoisotopic (exact) mass is 285 g/mol. The summed E-state index contributed by atoms with van der Waals surface area (Å²) in [7, 11) is 0. The lowest BCUT2D eigenvalue weighted by atomic mass is 10.1. The Morgan fingerprint density at radius 2 is 1.95 bits per heavy atom. The number of aromatic nitrogens is 1. The first kappa shape index (κ1) is 12.6.